The number of aliphatic hydroxyl groups excluding tert-OH is 1. The second-order valence-corrected chi connectivity index (χ2v) is 3.74. The summed E-state index contributed by atoms with van der Waals surface area (Å²) in [6.07, 6.45) is 2.25. The molecular formula is C11H22N2O3. The first-order valence-corrected chi connectivity index (χ1v) is 5.57. The maximum Gasteiger partial charge on any atom is 0.242 e. The molecule has 0 spiro atoms. The van der Waals surface area contributed by atoms with Crippen molar-refractivity contribution in [3.63, 3.8) is 0 Å². The number of aliphatic hydroxyl groups is 1. The highest BCUT2D eigenvalue weighted by Gasteiger charge is 2.10. The van der Waals surface area contributed by atoms with Crippen molar-refractivity contribution in [3.8, 4) is 0 Å². The van der Waals surface area contributed by atoms with Gasteiger partial charge in [0.2, 0.25) is 5.91 Å². The lowest BCUT2D eigenvalue weighted by atomic mass is 10.1. The molecule has 94 valence electrons. The molecule has 5 heteroatoms. The molecule has 1 amide bonds. The monoisotopic (exact) mass is 230 g/mol. The van der Waals surface area contributed by atoms with Crippen LogP contribution < -0.4 is 5.32 Å². The minimum absolute atomic E-state index is 0.102. The van der Waals surface area contributed by atoms with E-state index in [0.29, 0.717) is 18.0 Å². The van der Waals surface area contributed by atoms with Gasteiger partial charge in [0.25, 0.3) is 0 Å². The Balaban J connectivity index is 3.70. The fraction of sp³-hybridized carbons (Fsp3) is 0.727. The summed E-state index contributed by atoms with van der Waals surface area (Å²) in [4.78, 5) is 10.7. The molecule has 0 saturated carbocycles. The number of likely N-dealkylation sites (N-methyl/N-ethyl adjacent to an activating group) is 1. The normalized spacial score (nSPS) is 12.2. The third kappa shape index (κ3) is 6.42. The zero-order valence-electron chi connectivity index (χ0n) is 10.1. The molecule has 0 rings (SSSR count). The van der Waals surface area contributed by atoms with Crippen LogP contribution in [0.3, 0.4) is 0 Å². The van der Waals surface area contributed by atoms with Gasteiger partial charge in [-0.25, -0.2) is 5.06 Å². The summed E-state index contributed by atoms with van der Waals surface area (Å²) in [7, 11) is 0. The van der Waals surface area contributed by atoms with Crippen LogP contribution in [0.15, 0.2) is 12.3 Å². The van der Waals surface area contributed by atoms with E-state index in [4.69, 9.17) is 5.21 Å². The fourth-order valence-electron chi connectivity index (χ4n) is 1.40. The number of rotatable bonds is 8. The SMILES string of the molecule is C=C(O)[C@H](CCCCN(O)C(C)=O)NCC. The molecule has 0 radical (unpaired) electrons. The number of nitrogens with zero attached hydrogens (tertiary/aromatic N) is 1. The summed E-state index contributed by atoms with van der Waals surface area (Å²) >= 11 is 0. The molecule has 0 bridgehead atoms. The van der Waals surface area contributed by atoms with Crippen LogP contribution >= 0.6 is 0 Å². The zero-order chi connectivity index (χ0) is 12.6. The van der Waals surface area contributed by atoms with E-state index in [9.17, 15) is 9.90 Å². The van der Waals surface area contributed by atoms with Crippen molar-refractivity contribution in [2.24, 2.45) is 0 Å². The topological polar surface area (TPSA) is 72.8 Å². The van der Waals surface area contributed by atoms with Crippen molar-refractivity contribution in [3.05, 3.63) is 12.3 Å². The minimum atomic E-state index is -0.352. The first-order valence-electron chi connectivity index (χ1n) is 5.57. The number of carbonyl (C=O) groups is 1. The number of nitrogens with one attached hydrogen (secondary N) is 1. The highest BCUT2D eigenvalue weighted by molar-refractivity contribution is 5.71. The van der Waals surface area contributed by atoms with Crippen LogP contribution in [0.4, 0.5) is 0 Å². The number of carbonyl (C=O) groups excluding carboxylic acids is 1. The van der Waals surface area contributed by atoms with Gasteiger partial charge >= 0.3 is 0 Å². The number of hydrogen-bond acceptors (Lipinski definition) is 4. The highest BCUT2D eigenvalue weighted by atomic mass is 16.5. The number of unbranched alkanes of at least 4 members (excludes halogenated alkanes) is 1. The van der Waals surface area contributed by atoms with Gasteiger partial charge in [-0.1, -0.05) is 13.5 Å². The van der Waals surface area contributed by atoms with Gasteiger partial charge in [0.1, 0.15) is 5.76 Å². The molecule has 0 aliphatic heterocycles. The second-order valence-electron chi connectivity index (χ2n) is 3.74. The van der Waals surface area contributed by atoms with Crippen molar-refractivity contribution < 1.29 is 15.1 Å². The van der Waals surface area contributed by atoms with Crippen LogP contribution in [-0.2, 0) is 4.79 Å². The molecule has 0 aromatic carbocycles. The molecule has 0 heterocycles. The molecular weight excluding hydrogens is 208 g/mol. The Hall–Kier alpha value is -1.07. The van der Waals surface area contributed by atoms with E-state index in [1.807, 2.05) is 6.92 Å². The number of hydrogen-bond donors (Lipinski definition) is 3. The van der Waals surface area contributed by atoms with Crippen LogP contribution in [-0.4, -0.2) is 40.4 Å². The average Bonchev–Trinajstić information content (AvgIpc) is 2.21. The summed E-state index contributed by atoms with van der Waals surface area (Å²) < 4.78 is 0. The molecule has 0 saturated heterocycles. The molecule has 16 heavy (non-hydrogen) atoms. The summed E-state index contributed by atoms with van der Waals surface area (Å²) in [5.74, 6) is -0.218. The van der Waals surface area contributed by atoms with Gasteiger partial charge in [0.05, 0.1) is 6.04 Å². The van der Waals surface area contributed by atoms with Crippen LogP contribution in [0.5, 0.6) is 0 Å². The molecule has 3 N–H and O–H groups in total. The van der Waals surface area contributed by atoms with Gasteiger partial charge < -0.3 is 10.4 Å². The summed E-state index contributed by atoms with van der Waals surface area (Å²) in [6.45, 7) is 7.86. The molecule has 0 aromatic rings. The van der Waals surface area contributed by atoms with Crippen molar-refractivity contribution in [2.45, 2.75) is 39.2 Å². The maximum atomic E-state index is 10.7. The van der Waals surface area contributed by atoms with Gasteiger partial charge in [-0.3, -0.25) is 10.0 Å². The van der Waals surface area contributed by atoms with Crippen molar-refractivity contribution in [1.82, 2.24) is 10.4 Å². The first-order chi connectivity index (χ1) is 7.49. The quantitative estimate of drug-likeness (QED) is 0.255. The molecule has 1 atom stereocenters. The minimum Gasteiger partial charge on any atom is -0.511 e. The smallest absolute Gasteiger partial charge is 0.242 e. The Labute approximate surface area is 96.7 Å². The molecule has 0 aliphatic carbocycles. The molecule has 0 fully saturated rings. The van der Waals surface area contributed by atoms with Gasteiger partial charge in [-0.2, -0.15) is 0 Å². The van der Waals surface area contributed by atoms with E-state index in [1.165, 1.54) is 6.92 Å². The van der Waals surface area contributed by atoms with Gasteiger partial charge in [-0.15, -0.1) is 0 Å². The van der Waals surface area contributed by atoms with Crippen LogP contribution in [0, 0.1) is 0 Å². The largest absolute Gasteiger partial charge is 0.511 e. The van der Waals surface area contributed by atoms with Crippen LogP contribution in [0.1, 0.15) is 33.1 Å². The Morgan fingerprint density at radius 1 is 1.50 bits per heavy atom. The third-order valence-corrected chi connectivity index (χ3v) is 2.33. The van der Waals surface area contributed by atoms with Crippen molar-refractivity contribution in [1.29, 1.82) is 0 Å². The Morgan fingerprint density at radius 2 is 2.12 bits per heavy atom. The van der Waals surface area contributed by atoms with E-state index in [-0.39, 0.29) is 17.7 Å². The molecule has 0 aliphatic rings. The lowest BCUT2D eigenvalue weighted by molar-refractivity contribution is -0.162. The summed E-state index contributed by atoms with van der Waals surface area (Å²) in [6, 6.07) is -0.102. The van der Waals surface area contributed by atoms with Gasteiger partial charge in [-0.05, 0) is 25.8 Å². The van der Waals surface area contributed by atoms with E-state index in [1.54, 1.807) is 0 Å². The Bertz CT molecular complexity index is 231. The standard InChI is InChI=1S/C11H22N2O3/c1-4-12-11(9(2)14)7-5-6-8-13(16)10(3)15/h11-12,14,16H,2,4-8H2,1,3H3/t11-/m0/s1. The highest BCUT2D eigenvalue weighted by Crippen LogP contribution is 2.07. The van der Waals surface area contributed by atoms with E-state index < -0.39 is 0 Å². The van der Waals surface area contributed by atoms with E-state index in [0.717, 1.165) is 19.4 Å². The molecule has 0 unspecified atom stereocenters. The lowest BCUT2D eigenvalue weighted by Gasteiger charge is -2.17. The second kappa shape index (κ2) is 8.13. The summed E-state index contributed by atoms with van der Waals surface area (Å²) in [5.41, 5.74) is 0. The van der Waals surface area contributed by atoms with Crippen LogP contribution in [0.25, 0.3) is 0 Å². The Kier molecular flexibility index (Phi) is 7.58. The predicted octanol–water partition coefficient (Wildman–Crippen LogP) is 1.44. The van der Waals surface area contributed by atoms with E-state index >= 15 is 0 Å². The summed E-state index contributed by atoms with van der Waals surface area (Å²) in [5, 5.41) is 22.2. The zero-order valence-corrected chi connectivity index (χ0v) is 10.1. The van der Waals surface area contributed by atoms with E-state index in [2.05, 4.69) is 11.9 Å². The predicted molar refractivity (Wildman–Crippen MR) is 62.3 cm³/mol. The Morgan fingerprint density at radius 3 is 2.56 bits per heavy atom. The molecule has 0 aromatic heterocycles. The first kappa shape index (κ1) is 14.9. The van der Waals surface area contributed by atoms with Crippen molar-refractivity contribution >= 4 is 5.91 Å². The lowest BCUT2D eigenvalue weighted by Crippen LogP contribution is -2.31. The number of amides is 1. The maximum absolute atomic E-state index is 10.7. The van der Waals surface area contributed by atoms with Gasteiger partial charge in [0.15, 0.2) is 0 Å². The average molecular weight is 230 g/mol. The van der Waals surface area contributed by atoms with Crippen LogP contribution in [0.2, 0.25) is 0 Å². The number of hydroxylamine groups is 2. The van der Waals surface area contributed by atoms with Crippen molar-refractivity contribution in [2.75, 3.05) is 13.1 Å². The third-order valence-electron chi connectivity index (χ3n) is 2.33. The van der Waals surface area contributed by atoms with Gasteiger partial charge in [0, 0.05) is 13.5 Å². The molecule has 5 nitrogen and oxygen atoms in total. The fourth-order valence-corrected chi connectivity index (χ4v) is 1.40.